The van der Waals surface area contributed by atoms with Gasteiger partial charge < -0.3 is 9.47 Å². The molecule has 0 saturated carbocycles. The molecule has 0 aromatic heterocycles. The van der Waals surface area contributed by atoms with Gasteiger partial charge in [0.15, 0.2) is 0 Å². The molecule has 90 valence electrons. The maximum atomic E-state index is 5.77. The lowest BCUT2D eigenvalue weighted by molar-refractivity contribution is 0.286. The molecule has 0 atom stereocenters. The van der Waals surface area contributed by atoms with Gasteiger partial charge in [-0.1, -0.05) is 35.8 Å². The van der Waals surface area contributed by atoms with E-state index in [4.69, 9.17) is 9.47 Å². The number of hydrogen-bond donors (Lipinski definition) is 0. The number of ether oxygens (including phenoxy) is 2. The van der Waals surface area contributed by atoms with E-state index < -0.39 is 0 Å². The quantitative estimate of drug-likeness (QED) is 0.736. The molecule has 0 N–H and O–H groups in total. The van der Waals surface area contributed by atoms with Crippen LogP contribution in [0.4, 0.5) is 0 Å². The van der Waals surface area contributed by atoms with Crippen molar-refractivity contribution in [3.05, 3.63) is 23.8 Å². The van der Waals surface area contributed by atoms with Gasteiger partial charge in [-0.15, -0.1) is 0 Å². The molecule has 0 radical (unpaired) electrons. The van der Waals surface area contributed by atoms with Crippen molar-refractivity contribution in [3.8, 4) is 11.5 Å². The summed E-state index contributed by atoms with van der Waals surface area (Å²) in [7, 11) is 1.67. The Kier molecular flexibility index (Phi) is 5.67. The van der Waals surface area contributed by atoms with Crippen LogP contribution in [0.2, 0.25) is 0 Å². The molecular formula is C13H19BrO2. The summed E-state index contributed by atoms with van der Waals surface area (Å²) in [5, 5.41) is 0.800. The van der Waals surface area contributed by atoms with Crippen LogP contribution in [0.1, 0.15) is 25.8 Å². The first-order valence-corrected chi connectivity index (χ1v) is 6.65. The molecule has 0 aliphatic carbocycles. The largest absolute Gasteiger partial charge is 0.497 e. The third-order valence-corrected chi connectivity index (χ3v) is 2.98. The Balaban J connectivity index is 2.67. The molecule has 0 amide bonds. The minimum Gasteiger partial charge on any atom is -0.497 e. The van der Waals surface area contributed by atoms with Gasteiger partial charge in [0.25, 0.3) is 0 Å². The second-order valence-electron chi connectivity index (χ2n) is 4.14. The molecule has 0 fully saturated rings. The average molecular weight is 287 g/mol. The van der Waals surface area contributed by atoms with Crippen molar-refractivity contribution in [2.75, 3.05) is 13.7 Å². The third-order valence-electron chi connectivity index (χ3n) is 2.37. The summed E-state index contributed by atoms with van der Waals surface area (Å²) >= 11 is 3.45. The summed E-state index contributed by atoms with van der Waals surface area (Å²) in [6.07, 6.45) is 1.07. The molecule has 2 nitrogen and oxygen atoms in total. The fraction of sp³-hybridized carbons (Fsp3) is 0.538. The standard InChI is InChI=1S/C13H19BrO2/c1-10(2)6-7-16-13-8-12(15-3)5-4-11(13)9-14/h4-5,8,10H,6-7,9H2,1-3H3. The number of alkyl halides is 1. The van der Waals surface area contributed by atoms with Gasteiger partial charge in [0.2, 0.25) is 0 Å². The van der Waals surface area contributed by atoms with Gasteiger partial charge >= 0.3 is 0 Å². The normalized spacial score (nSPS) is 10.6. The Bertz CT molecular complexity index is 324. The Morgan fingerprint density at radius 3 is 2.62 bits per heavy atom. The van der Waals surface area contributed by atoms with Crippen molar-refractivity contribution in [3.63, 3.8) is 0 Å². The van der Waals surface area contributed by atoms with Gasteiger partial charge in [0.05, 0.1) is 13.7 Å². The molecule has 16 heavy (non-hydrogen) atoms. The van der Waals surface area contributed by atoms with Gasteiger partial charge in [0, 0.05) is 17.0 Å². The highest BCUT2D eigenvalue weighted by Crippen LogP contribution is 2.26. The summed E-state index contributed by atoms with van der Waals surface area (Å²) in [5.41, 5.74) is 1.16. The second kappa shape index (κ2) is 6.79. The highest BCUT2D eigenvalue weighted by atomic mass is 79.9. The van der Waals surface area contributed by atoms with E-state index in [2.05, 4.69) is 29.8 Å². The minimum atomic E-state index is 0.665. The number of benzene rings is 1. The molecule has 0 spiro atoms. The van der Waals surface area contributed by atoms with Crippen LogP contribution in [0, 0.1) is 5.92 Å². The van der Waals surface area contributed by atoms with Gasteiger partial charge in [-0.05, 0) is 18.4 Å². The maximum Gasteiger partial charge on any atom is 0.127 e. The van der Waals surface area contributed by atoms with Crippen LogP contribution in [-0.2, 0) is 5.33 Å². The van der Waals surface area contributed by atoms with Crippen LogP contribution >= 0.6 is 15.9 Å². The Morgan fingerprint density at radius 1 is 1.31 bits per heavy atom. The lowest BCUT2D eigenvalue weighted by Crippen LogP contribution is -2.03. The number of hydrogen-bond acceptors (Lipinski definition) is 2. The summed E-state index contributed by atoms with van der Waals surface area (Å²) in [5.74, 6) is 2.42. The first-order chi connectivity index (χ1) is 7.67. The van der Waals surface area contributed by atoms with Gasteiger partial charge in [-0.3, -0.25) is 0 Å². The molecule has 1 rings (SSSR count). The lowest BCUT2D eigenvalue weighted by Gasteiger charge is -2.12. The van der Waals surface area contributed by atoms with Crippen molar-refractivity contribution in [2.24, 2.45) is 5.92 Å². The summed E-state index contributed by atoms with van der Waals surface area (Å²) < 4.78 is 11.0. The highest BCUT2D eigenvalue weighted by Gasteiger charge is 2.05. The number of methoxy groups -OCH3 is 1. The van der Waals surface area contributed by atoms with Crippen molar-refractivity contribution in [1.82, 2.24) is 0 Å². The van der Waals surface area contributed by atoms with Crippen molar-refractivity contribution >= 4 is 15.9 Å². The molecule has 0 bridgehead atoms. The predicted octanol–water partition coefficient (Wildman–Crippen LogP) is 4.02. The smallest absolute Gasteiger partial charge is 0.127 e. The van der Waals surface area contributed by atoms with Crippen LogP contribution in [0.5, 0.6) is 11.5 Å². The first kappa shape index (κ1) is 13.4. The van der Waals surface area contributed by atoms with Crippen LogP contribution in [-0.4, -0.2) is 13.7 Å². The molecule has 0 unspecified atom stereocenters. The van der Waals surface area contributed by atoms with E-state index in [-0.39, 0.29) is 0 Å². The van der Waals surface area contributed by atoms with Crippen LogP contribution in [0.3, 0.4) is 0 Å². The van der Waals surface area contributed by atoms with Gasteiger partial charge in [-0.2, -0.15) is 0 Å². The lowest BCUT2D eigenvalue weighted by atomic mass is 10.1. The molecule has 0 saturated heterocycles. The molecule has 0 aliphatic heterocycles. The Labute approximate surface area is 106 Å². The molecular weight excluding hydrogens is 268 g/mol. The van der Waals surface area contributed by atoms with E-state index >= 15 is 0 Å². The fourth-order valence-corrected chi connectivity index (χ4v) is 1.77. The van der Waals surface area contributed by atoms with E-state index in [9.17, 15) is 0 Å². The van der Waals surface area contributed by atoms with E-state index in [0.29, 0.717) is 5.92 Å². The fourth-order valence-electron chi connectivity index (χ4n) is 1.31. The predicted molar refractivity (Wildman–Crippen MR) is 70.6 cm³/mol. The number of rotatable bonds is 6. The molecule has 1 aromatic rings. The zero-order valence-electron chi connectivity index (χ0n) is 10.1. The number of halogens is 1. The molecule has 1 aromatic carbocycles. The van der Waals surface area contributed by atoms with Crippen LogP contribution in [0.15, 0.2) is 18.2 Å². The zero-order chi connectivity index (χ0) is 12.0. The van der Waals surface area contributed by atoms with Crippen LogP contribution < -0.4 is 9.47 Å². The van der Waals surface area contributed by atoms with E-state index in [0.717, 1.165) is 35.4 Å². The van der Waals surface area contributed by atoms with Crippen LogP contribution in [0.25, 0.3) is 0 Å². The Hall–Kier alpha value is -0.700. The highest BCUT2D eigenvalue weighted by molar-refractivity contribution is 9.08. The minimum absolute atomic E-state index is 0.665. The van der Waals surface area contributed by atoms with Gasteiger partial charge in [0.1, 0.15) is 11.5 Å². The zero-order valence-corrected chi connectivity index (χ0v) is 11.7. The topological polar surface area (TPSA) is 18.5 Å². The summed E-state index contributed by atoms with van der Waals surface area (Å²) in [6, 6.07) is 5.92. The molecule has 0 heterocycles. The first-order valence-electron chi connectivity index (χ1n) is 5.53. The van der Waals surface area contributed by atoms with E-state index in [1.165, 1.54) is 0 Å². The SMILES string of the molecule is COc1ccc(CBr)c(OCCC(C)C)c1. The molecule has 0 aliphatic rings. The van der Waals surface area contributed by atoms with Crippen molar-refractivity contribution < 1.29 is 9.47 Å². The third kappa shape index (κ3) is 4.05. The average Bonchev–Trinajstić information content (AvgIpc) is 2.28. The van der Waals surface area contributed by atoms with Gasteiger partial charge in [-0.25, -0.2) is 0 Å². The van der Waals surface area contributed by atoms with E-state index in [1.807, 2.05) is 18.2 Å². The summed E-state index contributed by atoms with van der Waals surface area (Å²) in [6.45, 7) is 5.14. The second-order valence-corrected chi connectivity index (χ2v) is 4.70. The Morgan fingerprint density at radius 2 is 2.06 bits per heavy atom. The van der Waals surface area contributed by atoms with Crippen molar-refractivity contribution in [1.29, 1.82) is 0 Å². The summed E-state index contributed by atoms with van der Waals surface area (Å²) in [4.78, 5) is 0. The van der Waals surface area contributed by atoms with E-state index in [1.54, 1.807) is 7.11 Å². The maximum absolute atomic E-state index is 5.77. The molecule has 3 heteroatoms. The monoisotopic (exact) mass is 286 g/mol. The van der Waals surface area contributed by atoms with Crippen molar-refractivity contribution in [2.45, 2.75) is 25.6 Å².